The number of ether oxygens (including phenoxy) is 1. The summed E-state index contributed by atoms with van der Waals surface area (Å²) in [6, 6.07) is 3.15. The number of nitrogens with one attached hydrogen (secondary N) is 1. The van der Waals surface area contributed by atoms with E-state index in [1.54, 1.807) is 13.0 Å². The van der Waals surface area contributed by atoms with E-state index in [9.17, 15) is 9.59 Å². The highest BCUT2D eigenvalue weighted by atomic mass is 79.9. The number of hydrogen-bond acceptors (Lipinski definition) is 4. The van der Waals surface area contributed by atoms with Gasteiger partial charge in [-0.2, -0.15) is 0 Å². The maximum atomic E-state index is 11.4. The first-order chi connectivity index (χ1) is 8.02. The van der Waals surface area contributed by atoms with E-state index in [4.69, 9.17) is 0 Å². The molecule has 1 rings (SSSR count). The second-order valence-corrected chi connectivity index (χ2v) is 5.72. The van der Waals surface area contributed by atoms with Crippen molar-refractivity contribution in [3.05, 3.63) is 26.9 Å². The number of methoxy groups -OCH3 is 1. The molecule has 0 fully saturated rings. The molecule has 0 aromatic carbocycles. The molecule has 1 heterocycles. The minimum Gasteiger partial charge on any atom is -0.467 e. The van der Waals surface area contributed by atoms with Gasteiger partial charge in [0.1, 0.15) is 6.04 Å². The topological polar surface area (TPSA) is 55.4 Å². The van der Waals surface area contributed by atoms with Crippen LogP contribution in [0.1, 0.15) is 11.8 Å². The minimum absolute atomic E-state index is 0.326. The molecule has 6 heteroatoms. The van der Waals surface area contributed by atoms with Crippen LogP contribution in [0.2, 0.25) is 0 Å². The van der Waals surface area contributed by atoms with Gasteiger partial charge in [0.15, 0.2) is 0 Å². The van der Waals surface area contributed by atoms with Gasteiger partial charge in [-0.25, -0.2) is 4.79 Å². The molecule has 0 aliphatic heterocycles. The molecule has 1 aromatic heterocycles. The lowest BCUT2D eigenvalue weighted by Crippen LogP contribution is -2.38. The summed E-state index contributed by atoms with van der Waals surface area (Å²) in [7, 11) is 1.28. The minimum atomic E-state index is -0.646. The van der Waals surface area contributed by atoms with Crippen molar-refractivity contribution in [2.24, 2.45) is 0 Å². The first kappa shape index (κ1) is 13.9. The van der Waals surface area contributed by atoms with Gasteiger partial charge in [-0.1, -0.05) is 0 Å². The summed E-state index contributed by atoms with van der Waals surface area (Å²) in [5.74, 6) is -0.793. The molecule has 4 nitrogen and oxygen atoms in total. The third-order valence-electron chi connectivity index (χ3n) is 1.91. The van der Waals surface area contributed by atoms with Crippen molar-refractivity contribution >= 4 is 45.2 Å². The lowest BCUT2D eigenvalue weighted by Gasteiger charge is -2.08. The molecule has 0 radical (unpaired) electrons. The molecule has 0 aliphatic carbocycles. The predicted molar refractivity (Wildman–Crippen MR) is 70.7 cm³/mol. The van der Waals surface area contributed by atoms with E-state index >= 15 is 0 Å². The van der Waals surface area contributed by atoms with Crippen LogP contribution in [0.15, 0.2) is 22.0 Å². The van der Waals surface area contributed by atoms with E-state index in [2.05, 4.69) is 26.0 Å². The van der Waals surface area contributed by atoms with E-state index < -0.39 is 12.0 Å². The molecule has 0 spiro atoms. The molecule has 0 aliphatic rings. The van der Waals surface area contributed by atoms with Crippen LogP contribution in [-0.2, 0) is 14.3 Å². The van der Waals surface area contributed by atoms with Crippen LogP contribution >= 0.6 is 27.3 Å². The smallest absolute Gasteiger partial charge is 0.328 e. The van der Waals surface area contributed by atoms with Gasteiger partial charge in [-0.15, -0.1) is 11.3 Å². The van der Waals surface area contributed by atoms with Gasteiger partial charge in [0.2, 0.25) is 5.91 Å². The first-order valence-corrected chi connectivity index (χ1v) is 6.45. The Morgan fingerprint density at radius 2 is 2.24 bits per heavy atom. The first-order valence-electron chi connectivity index (χ1n) is 4.84. The Morgan fingerprint density at radius 3 is 2.76 bits per heavy atom. The van der Waals surface area contributed by atoms with Crippen molar-refractivity contribution in [3.63, 3.8) is 0 Å². The highest BCUT2D eigenvalue weighted by Gasteiger charge is 2.13. The molecule has 0 bridgehead atoms. The Bertz CT molecular complexity index is 442. The standard InChI is InChI=1S/C11H12BrNO3S/c1-7(11(15)16-2)13-10(14)6-4-8-3-5-9(12)17-8/h3-7H,1-2H3,(H,13,14). The van der Waals surface area contributed by atoms with E-state index in [0.29, 0.717) is 0 Å². The van der Waals surface area contributed by atoms with Crippen LogP contribution in [0.4, 0.5) is 0 Å². The second-order valence-electron chi connectivity index (χ2n) is 3.23. The molecule has 0 saturated carbocycles. The predicted octanol–water partition coefficient (Wildman–Crippen LogP) is 2.20. The maximum absolute atomic E-state index is 11.4. The van der Waals surface area contributed by atoms with Crippen molar-refractivity contribution in [2.45, 2.75) is 13.0 Å². The summed E-state index contributed by atoms with van der Waals surface area (Å²) < 4.78 is 5.50. The number of esters is 1. The Kier molecular flexibility index (Phi) is 5.37. The zero-order chi connectivity index (χ0) is 12.8. The largest absolute Gasteiger partial charge is 0.467 e. The molecule has 1 unspecified atom stereocenters. The molecule has 92 valence electrons. The van der Waals surface area contributed by atoms with Crippen LogP contribution < -0.4 is 5.32 Å². The average molecular weight is 318 g/mol. The summed E-state index contributed by atoms with van der Waals surface area (Å²) in [5, 5.41) is 2.50. The SMILES string of the molecule is COC(=O)C(C)NC(=O)C=Cc1ccc(Br)s1. The van der Waals surface area contributed by atoms with Crippen LogP contribution in [0, 0.1) is 0 Å². The molecule has 1 N–H and O–H groups in total. The summed E-state index contributed by atoms with van der Waals surface area (Å²) in [5.41, 5.74) is 0. The van der Waals surface area contributed by atoms with E-state index in [1.807, 2.05) is 12.1 Å². The van der Waals surface area contributed by atoms with E-state index in [1.165, 1.54) is 24.5 Å². The molecule has 1 amide bonds. The van der Waals surface area contributed by atoms with Gasteiger partial charge >= 0.3 is 5.97 Å². The summed E-state index contributed by atoms with van der Waals surface area (Å²) in [6.07, 6.45) is 3.08. The molecule has 0 saturated heterocycles. The second kappa shape index (κ2) is 6.56. The highest BCUT2D eigenvalue weighted by molar-refractivity contribution is 9.11. The lowest BCUT2D eigenvalue weighted by molar-refractivity contribution is -0.144. The van der Waals surface area contributed by atoms with Crippen LogP contribution in [0.5, 0.6) is 0 Å². The molecule has 1 atom stereocenters. The number of hydrogen-bond donors (Lipinski definition) is 1. The van der Waals surface area contributed by atoms with Crippen molar-refractivity contribution in [1.82, 2.24) is 5.32 Å². The quantitative estimate of drug-likeness (QED) is 0.684. The lowest BCUT2D eigenvalue weighted by atomic mass is 10.3. The fourth-order valence-corrected chi connectivity index (χ4v) is 2.40. The van der Waals surface area contributed by atoms with Gasteiger partial charge < -0.3 is 10.1 Å². The third-order valence-corrected chi connectivity index (χ3v) is 3.50. The number of amides is 1. The Hall–Kier alpha value is -1.14. The average Bonchev–Trinajstić information content (AvgIpc) is 2.71. The van der Waals surface area contributed by atoms with E-state index in [-0.39, 0.29) is 5.91 Å². The Morgan fingerprint density at radius 1 is 1.53 bits per heavy atom. The highest BCUT2D eigenvalue weighted by Crippen LogP contribution is 2.22. The number of carbonyl (C=O) groups excluding carboxylic acids is 2. The van der Waals surface area contributed by atoms with Crippen molar-refractivity contribution < 1.29 is 14.3 Å². The Labute approximate surface area is 112 Å². The maximum Gasteiger partial charge on any atom is 0.328 e. The Balaban J connectivity index is 2.50. The van der Waals surface area contributed by atoms with E-state index in [0.717, 1.165) is 8.66 Å². The zero-order valence-electron chi connectivity index (χ0n) is 9.40. The van der Waals surface area contributed by atoms with Crippen molar-refractivity contribution in [1.29, 1.82) is 0 Å². The summed E-state index contributed by atoms with van der Waals surface area (Å²) in [6.45, 7) is 1.57. The number of halogens is 1. The monoisotopic (exact) mass is 317 g/mol. The van der Waals surface area contributed by atoms with Gasteiger partial charge in [-0.3, -0.25) is 4.79 Å². The number of carbonyl (C=O) groups is 2. The number of rotatable bonds is 4. The molecule has 1 aromatic rings. The van der Waals surface area contributed by atoms with Crippen LogP contribution in [-0.4, -0.2) is 25.0 Å². The molecular formula is C11H12BrNO3S. The zero-order valence-corrected chi connectivity index (χ0v) is 11.8. The molecular weight excluding hydrogens is 306 g/mol. The fourth-order valence-electron chi connectivity index (χ4n) is 1.07. The van der Waals surface area contributed by atoms with Crippen LogP contribution in [0.25, 0.3) is 6.08 Å². The fraction of sp³-hybridized carbons (Fsp3) is 0.273. The van der Waals surface area contributed by atoms with Gasteiger partial charge in [0, 0.05) is 11.0 Å². The molecule has 17 heavy (non-hydrogen) atoms. The normalized spacial score (nSPS) is 12.4. The van der Waals surface area contributed by atoms with Gasteiger partial charge in [0.05, 0.1) is 10.9 Å². The third kappa shape index (κ3) is 4.70. The number of thiophene rings is 1. The van der Waals surface area contributed by atoms with Crippen molar-refractivity contribution in [3.8, 4) is 0 Å². The van der Waals surface area contributed by atoms with Gasteiger partial charge in [-0.05, 0) is 41.1 Å². The van der Waals surface area contributed by atoms with Crippen LogP contribution in [0.3, 0.4) is 0 Å². The van der Waals surface area contributed by atoms with Crippen molar-refractivity contribution in [2.75, 3.05) is 7.11 Å². The summed E-state index contributed by atoms with van der Waals surface area (Å²) >= 11 is 4.85. The summed E-state index contributed by atoms with van der Waals surface area (Å²) in [4.78, 5) is 23.5. The van der Waals surface area contributed by atoms with Gasteiger partial charge in [0.25, 0.3) is 0 Å².